The van der Waals surface area contributed by atoms with Crippen molar-refractivity contribution in [3.8, 4) is 0 Å². The summed E-state index contributed by atoms with van der Waals surface area (Å²) < 4.78 is 0. The van der Waals surface area contributed by atoms with Crippen LogP contribution in [0.2, 0.25) is 0 Å². The zero-order chi connectivity index (χ0) is 15.7. The Kier molecular flexibility index (Phi) is 20.6. The summed E-state index contributed by atoms with van der Waals surface area (Å²) in [6, 6.07) is -0.160. The fourth-order valence-electron chi connectivity index (χ4n) is 1.73. The molecule has 23 heavy (non-hydrogen) atoms. The minimum absolute atomic E-state index is 0. The molecule has 0 aromatic rings. The number of carbonyl (C=O) groups excluding carboxylic acids is 2. The molecule has 0 spiro atoms. The van der Waals surface area contributed by atoms with E-state index in [2.05, 4.69) is 0 Å². The second-order valence-corrected chi connectivity index (χ2v) is 4.64. The van der Waals surface area contributed by atoms with Crippen molar-refractivity contribution in [2.45, 2.75) is 44.7 Å². The molecule has 1 aliphatic carbocycles. The molecule has 10 nitrogen and oxygen atoms in total. The second kappa shape index (κ2) is 15.8. The minimum atomic E-state index is -1.48. The Morgan fingerprint density at radius 1 is 1.09 bits per heavy atom. The smallest absolute Gasteiger partial charge is 0.323 e. The molecule has 0 bridgehead atoms. The van der Waals surface area contributed by atoms with Gasteiger partial charge in [0.25, 0.3) is 0 Å². The molecular weight excluding hydrogens is 493 g/mol. The normalized spacial score (nSPS) is 18.6. The first-order valence-corrected chi connectivity index (χ1v) is 6.33. The number of aliphatic carboxylic acids is 2. The van der Waals surface area contributed by atoms with Crippen LogP contribution in [0.5, 0.6) is 0 Å². The molecule has 2 unspecified atom stereocenters. The summed E-state index contributed by atoms with van der Waals surface area (Å²) in [5.41, 5.74) is 14.6. The first-order valence-electron chi connectivity index (χ1n) is 6.33. The van der Waals surface area contributed by atoms with E-state index in [0.717, 1.165) is 19.8 Å². The van der Waals surface area contributed by atoms with E-state index in [1.54, 1.807) is 0 Å². The van der Waals surface area contributed by atoms with Crippen molar-refractivity contribution in [1.82, 2.24) is 4.90 Å². The van der Waals surface area contributed by atoms with Crippen LogP contribution in [-0.4, -0.2) is 64.0 Å². The SMILES string of the molecule is CC(=O)N(CC(=O)[O-])CC(=O)O.O.O.[NH-]C1CCCCC1[NH-].[Pt]. The van der Waals surface area contributed by atoms with Crippen molar-refractivity contribution in [3.63, 3.8) is 0 Å². The molecule has 11 heteroatoms. The fourth-order valence-corrected chi connectivity index (χ4v) is 1.73. The summed E-state index contributed by atoms with van der Waals surface area (Å²) in [5.74, 6) is -3.35. The van der Waals surface area contributed by atoms with E-state index in [1.165, 1.54) is 12.8 Å². The van der Waals surface area contributed by atoms with Gasteiger partial charge in [-0.1, -0.05) is 25.7 Å². The number of nitrogens with zero attached hydrogens (tertiary/aromatic N) is 1. The average Bonchev–Trinajstić information content (AvgIpc) is 2.32. The number of carboxylic acids is 2. The first-order chi connectivity index (χ1) is 9.23. The summed E-state index contributed by atoms with van der Waals surface area (Å²) >= 11 is 0. The van der Waals surface area contributed by atoms with Crippen LogP contribution >= 0.6 is 0 Å². The third-order valence-corrected chi connectivity index (χ3v) is 2.86. The van der Waals surface area contributed by atoms with Crippen molar-refractivity contribution in [2.24, 2.45) is 0 Å². The maximum atomic E-state index is 10.6. The third kappa shape index (κ3) is 15.6. The van der Waals surface area contributed by atoms with Gasteiger partial charge in [-0.05, 0) is 0 Å². The Bertz CT molecular complexity index is 332. The maximum absolute atomic E-state index is 10.6. The van der Waals surface area contributed by atoms with Crippen LogP contribution < -0.4 is 5.11 Å². The van der Waals surface area contributed by atoms with Crippen LogP contribution in [0.15, 0.2) is 0 Å². The Balaban J connectivity index is -0.000000146. The quantitative estimate of drug-likeness (QED) is 0.467. The number of carboxylic acid groups (broad SMARTS) is 2. The van der Waals surface area contributed by atoms with Gasteiger partial charge in [0.1, 0.15) is 6.54 Å². The molecule has 1 aliphatic rings. The number of amides is 1. The Morgan fingerprint density at radius 2 is 1.48 bits per heavy atom. The maximum Gasteiger partial charge on any atom is 0.323 e. The zero-order valence-corrected chi connectivity index (χ0v) is 15.0. The first kappa shape index (κ1) is 29.9. The van der Waals surface area contributed by atoms with E-state index in [9.17, 15) is 19.5 Å². The van der Waals surface area contributed by atoms with E-state index >= 15 is 0 Å². The zero-order valence-electron chi connectivity index (χ0n) is 12.7. The molecule has 142 valence electrons. The average molecular weight is 517 g/mol. The van der Waals surface area contributed by atoms with Gasteiger partial charge in [-0.3, -0.25) is 9.59 Å². The van der Waals surface area contributed by atoms with Crippen molar-refractivity contribution in [1.29, 1.82) is 0 Å². The van der Waals surface area contributed by atoms with Gasteiger partial charge in [0.2, 0.25) is 5.91 Å². The molecule has 0 saturated heterocycles. The Morgan fingerprint density at radius 3 is 1.70 bits per heavy atom. The van der Waals surface area contributed by atoms with Gasteiger partial charge in [-0.15, -0.1) is 0 Å². The van der Waals surface area contributed by atoms with Gasteiger partial charge in [0, 0.05) is 28.0 Å². The summed E-state index contributed by atoms with van der Waals surface area (Å²) in [4.78, 5) is 31.3. The van der Waals surface area contributed by atoms with Crippen LogP contribution in [0.3, 0.4) is 0 Å². The minimum Gasteiger partial charge on any atom is -0.676 e. The third-order valence-electron chi connectivity index (χ3n) is 2.86. The van der Waals surface area contributed by atoms with Gasteiger partial charge in [-0.2, -0.15) is 12.1 Å². The Hall–Kier alpha value is -1.06. The van der Waals surface area contributed by atoms with Crippen LogP contribution in [0.25, 0.3) is 11.5 Å². The molecule has 1 fully saturated rings. The summed E-state index contributed by atoms with van der Waals surface area (Å²) in [6.45, 7) is -0.225. The Labute approximate surface area is 149 Å². The van der Waals surface area contributed by atoms with Gasteiger partial charge in [-0.25, -0.2) is 0 Å². The van der Waals surface area contributed by atoms with Gasteiger partial charge >= 0.3 is 5.97 Å². The van der Waals surface area contributed by atoms with Gasteiger partial charge < -0.3 is 42.3 Å². The predicted molar refractivity (Wildman–Crippen MR) is 76.8 cm³/mol. The van der Waals surface area contributed by atoms with Crippen molar-refractivity contribution >= 4 is 17.8 Å². The molecule has 1 rings (SSSR count). The monoisotopic (exact) mass is 517 g/mol. The summed E-state index contributed by atoms with van der Waals surface area (Å²) in [6.07, 6.45) is 4.25. The summed E-state index contributed by atoms with van der Waals surface area (Å²) in [7, 11) is 0. The molecular formula is C12H24N3O7Pt-3. The molecule has 0 aliphatic heterocycles. The van der Waals surface area contributed by atoms with Crippen molar-refractivity contribution in [2.75, 3.05) is 13.1 Å². The topological polar surface area (TPSA) is 208 Å². The van der Waals surface area contributed by atoms with E-state index in [1.807, 2.05) is 0 Å². The number of rotatable bonds is 4. The number of hydrogen-bond donors (Lipinski definition) is 1. The largest absolute Gasteiger partial charge is 0.676 e. The van der Waals surface area contributed by atoms with Crippen LogP contribution in [-0.2, 0) is 35.4 Å². The number of hydrogen-bond acceptors (Lipinski definition) is 4. The fraction of sp³-hybridized carbons (Fsp3) is 0.750. The number of carbonyl (C=O) groups is 3. The van der Waals surface area contributed by atoms with Crippen LogP contribution in [0.4, 0.5) is 0 Å². The van der Waals surface area contributed by atoms with Crippen LogP contribution in [0, 0.1) is 0 Å². The van der Waals surface area contributed by atoms with Gasteiger partial charge in [0.05, 0.1) is 12.5 Å². The molecule has 7 N–H and O–H groups in total. The van der Waals surface area contributed by atoms with E-state index in [-0.39, 0.29) is 44.1 Å². The molecule has 0 radical (unpaired) electrons. The number of nitrogens with one attached hydrogen (secondary N) is 2. The van der Waals surface area contributed by atoms with Crippen molar-refractivity contribution < 1.29 is 56.6 Å². The van der Waals surface area contributed by atoms with Crippen molar-refractivity contribution in [3.05, 3.63) is 11.5 Å². The molecule has 1 amide bonds. The molecule has 0 aromatic carbocycles. The molecule has 0 aromatic heterocycles. The second-order valence-electron chi connectivity index (χ2n) is 4.64. The summed E-state index contributed by atoms with van der Waals surface area (Å²) in [5, 5.41) is 18.2. The van der Waals surface area contributed by atoms with E-state index in [0.29, 0.717) is 4.90 Å². The van der Waals surface area contributed by atoms with Crippen LogP contribution in [0.1, 0.15) is 32.6 Å². The van der Waals surface area contributed by atoms with E-state index < -0.39 is 30.9 Å². The predicted octanol–water partition coefficient (Wildman–Crippen LogP) is -1.58. The van der Waals surface area contributed by atoms with Gasteiger partial charge in [0.15, 0.2) is 0 Å². The molecule has 2 atom stereocenters. The van der Waals surface area contributed by atoms with E-state index in [4.69, 9.17) is 16.6 Å². The molecule has 1 saturated carbocycles. The molecule has 0 heterocycles. The standard InChI is InChI=1S/C6H12N2.C6H9NO5.2H2O.Pt/c7-5-3-1-2-4-6(5)8;1-4(8)7(2-5(9)10)3-6(11)12;;;/h5-8H,1-4H2;2-3H2,1H3,(H,9,10)(H,11,12);2*1H2;/q-2;;;;/p-1.